The van der Waals surface area contributed by atoms with Crippen LogP contribution in [0.2, 0.25) is 0 Å². The van der Waals surface area contributed by atoms with Gasteiger partial charge in [0.05, 0.1) is 6.33 Å². The van der Waals surface area contributed by atoms with E-state index in [0.717, 1.165) is 51.5 Å². The normalized spacial score (nSPS) is 11.0. The van der Waals surface area contributed by atoms with Crippen molar-refractivity contribution in [1.82, 2.24) is 14.9 Å². The predicted octanol–water partition coefficient (Wildman–Crippen LogP) is 9.31. The van der Waals surface area contributed by atoms with Crippen molar-refractivity contribution in [1.29, 1.82) is 0 Å². The number of carbonyl (C=O) groups excluding carboxylic acids is 2. The standard InChI is InChI=1S/C34H61N3O4/c1-3-4-5-6-7-8-9-10-11-12-13-14-15-16-19-22-25-36-34(39)41-30-32(2)29-40-33(38)24-21-18-17-20-23-27-37-28-26-35-31-37/h26,28,31H,2-25,27,29-30H2,1H3,(H,36,39). The summed E-state index contributed by atoms with van der Waals surface area (Å²) in [7, 11) is 0. The van der Waals surface area contributed by atoms with Crippen LogP contribution in [0.3, 0.4) is 0 Å². The highest BCUT2D eigenvalue weighted by Gasteiger charge is 2.07. The number of aromatic nitrogens is 2. The lowest BCUT2D eigenvalue weighted by Gasteiger charge is -2.10. The lowest BCUT2D eigenvalue weighted by molar-refractivity contribution is -0.142. The Hall–Kier alpha value is -2.31. The molecular weight excluding hydrogens is 514 g/mol. The van der Waals surface area contributed by atoms with Gasteiger partial charge in [-0.3, -0.25) is 4.79 Å². The molecule has 0 fully saturated rings. The first-order valence-corrected chi connectivity index (χ1v) is 16.8. The Bertz CT molecular complexity index is 751. The van der Waals surface area contributed by atoms with Crippen molar-refractivity contribution < 1.29 is 19.1 Å². The van der Waals surface area contributed by atoms with Crippen molar-refractivity contribution in [3.63, 3.8) is 0 Å². The summed E-state index contributed by atoms with van der Waals surface area (Å²) < 4.78 is 12.5. The first-order valence-electron chi connectivity index (χ1n) is 16.8. The van der Waals surface area contributed by atoms with Gasteiger partial charge in [0, 0.05) is 31.9 Å². The van der Waals surface area contributed by atoms with Crippen molar-refractivity contribution in [2.75, 3.05) is 19.8 Å². The Morgan fingerprint density at radius 3 is 1.78 bits per heavy atom. The highest BCUT2D eigenvalue weighted by molar-refractivity contribution is 5.69. The number of rotatable bonds is 29. The molecule has 0 atom stereocenters. The molecule has 1 rings (SSSR count). The fourth-order valence-electron chi connectivity index (χ4n) is 4.89. The van der Waals surface area contributed by atoms with E-state index in [-0.39, 0.29) is 19.2 Å². The zero-order valence-electron chi connectivity index (χ0n) is 26.4. The number of hydrogen-bond donors (Lipinski definition) is 1. The van der Waals surface area contributed by atoms with Gasteiger partial charge in [0.1, 0.15) is 13.2 Å². The molecular formula is C34H61N3O4. The van der Waals surface area contributed by atoms with E-state index in [1.807, 2.05) is 12.5 Å². The lowest BCUT2D eigenvalue weighted by atomic mass is 10.0. The van der Waals surface area contributed by atoms with Crippen LogP contribution in [0.1, 0.15) is 148 Å². The average molecular weight is 576 g/mol. The zero-order chi connectivity index (χ0) is 29.6. The van der Waals surface area contributed by atoms with Gasteiger partial charge in [-0.2, -0.15) is 0 Å². The molecule has 0 saturated heterocycles. The van der Waals surface area contributed by atoms with E-state index in [9.17, 15) is 9.59 Å². The molecule has 0 aliphatic heterocycles. The van der Waals surface area contributed by atoms with Gasteiger partial charge in [-0.15, -0.1) is 0 Å². The summed E-state index contributed by atoms with van der Waals surface area (Å²) in [4.78, 5) is 27.8. The van der Waals surface area contributed by atoms with Crippen LogP contribution in [0.15, 0.2) is 30.9 Å². The number of unbranched alkanes of at least 4 members (excludes halogenated alkanes) is 19. The van der Waals surface area contributed by atoms with E-state index in [2.05, 4.69) is 28.4 Å². The highest BCUT2D eigenvalue weighted by atomic mass is 16.6. The minimum Gasteiger partial charge on any atom is -0.461 e. The third-order valence-electron chi connectivity index (χ3n) is 7.50. The molecule has 0 unspecified atom stereocenters. The molecule has 1 aromatic heterocycles. The average Bonchev–Trinajstić information content (AvgIpc) is 3.49. The Balaban J connectivity index is 1.79. The van der Waals surface area contributed by atoms with E-state index < -0.39 is 6.09 Å². The molecule has 0 bridgehead atoms. The van der Waals surface area contributed by atoms with Crippen molar-refractivity contribution in [3.8, 4) is 0 Å². The summed E-state index contributed by atoms with van der Waals surface area (Å²) in [5.41, 5.74) is 0.579. The van der Waals surface area contributed by atoms with Crippen LogP contribution in [-0.2, 0) is 20.8 Å². The molecule has 0 radical (unpaired) electrons. The Kier molecular flexibility index (Phi) is 24.9. The summed E-state index contributed by atoms with van der Waals surface area (Å²) >= 11 is 0. The number of hydrogen-bond acceptors (Lipinski definition) is 5. The van der Waals surface area contributed by atoms with E-state index >= 15 is 0 Å². The summed E-state index contributed by atoms with van der Waals surface area (Å²) in [5, 5.41) is 2.79. The summed E-state index contributed by atoms with van der Waals surface area (Å²) in [6, 6.07) is 0. The second-order valence-corrected chi connectivity index (χ2v) is 11.5. The van der Waals surface area contributed by atoms with Crippen LogP contribution in [0.25, 0.3) is 0 Å². The number of amides is 1. The molecule has 41 heavy (non-hydrogen) atoms. The van der Waals surface area contributed by atoms with Gasteiger partial charge in [0.15, 0.2) is 0 Å². The SMILES string of the molecule is C=C(COC(=O)CCCCCCCn1ccnc1)COC(=O)NCCCCCCCCCCCCCCCCCC. The fraction of sp³-hybridized carbons (Fsp3) is 0.794. The number of imidazole rings is 1. The van der Waals surface area contributed by atoms with Gasteiger partial charge in [0.25, 0.3) is 0 Å². The van der Waals surface area contributed by atoms with Crippen molar-refractivity contribution in [2.24, 2.45) is 0 Å². The van der Waals surface area contributed by atoms with Crippen LogP contribution in [0.5, 0.6) is 0 Å². The van der Waals surface area contributed by atoms with Gasteiger partial charge in [-0.1, -0.05) is 129 Å². The van der Waals surface area contributed by atoms with Gasteiger partial charge in [-0.25, -0.2) is 9.78 Å². The van der Waals surface area contributed by atoms with Crippen LogP contribution in [0.4, 0.5) is 4.79 Å². The number of nitrogens with one attached hydrogen (secondary N) is 1. The summed E-state index contributed by atoms with van der Waals surface area (Å²) in [5.74, 6) is -0.225. The maximum Gasteiger partial charge on any atom is 0.407 e. The van der Waals surface area contributed by atoms with E-state index in [0.29, 0.717) is 18.5 Å². The number of aryl methyl sites for hydroxylation is 1. The predicted molar refractivity (Wildman–Crippen MR) is 169 cm³/mol. The van der Waals surface area contributed by atoms with E-state index in [1.54, 1.807) is 6.20 Å². The number of ether oxygens (including phenoxy) is 2. The smallest absolute Gasteiger partial charge is 0.407 e. The second-order valence-electron chi connectivity index (χ2n) is 11.5. The first-order chi connectivity index (χ1) is 20.1. The van der Waals surface area contributed by atoms with Crippen LogP contribution in [-0.4, -0.2) is 41.4 Å². The van der Waals surface area contributed by atoms with Gasteiger partial charge >= 0.3 is 12.1 Å². The number of esters is 1. The molecule has 1 aromatic rings. The third kappa shape index (κ3) is 25.2. The molecule has 0 saturated carbocycles. The molecule has 0 spiro atoms. The number of nitrogens with zero attached hydrogens (tertiary/aromatic N) is 2. The quantitative estimate of drug-likeness (QED) is 0.0584. The van der Waals surface area contributed by atoms with Gasteiger partial charge < -0.3 is 19.4 Å². The second kappa shape index (κ2) is 27.8. The zero-order valence-corrected chi connectivity index (χ0v) is 26.4. The van der Waals surface area contributed by atoms with Crippen LogP contribution >= 0.6 is 0 Å². The minimum absolute atomic E-state index is 0.0645. The Morgan fingerprint density at radius 2 is 1.22 bits per heavy atom. The Labute approximate surface area is 251 Å². The maximum absolute atomic E-state index is 11.9. The molecule has 0 aliphatic carbocycles. The third-order valence-corrected chi connectivity index (χ3v) is 7.50. The topological polar surface area (TPSA) is 82.5 Å². The van der Waals surface area contributed by atoms with E-state index in [1.165, 1.54) is 89.9 Å². The molecule has 1 heterocycles. The largest absolute Gasteiger partial charge is 0.461 e. The molecule has 1 amide bonds. The number of alkyl carbamates (subject to hydrolysis) is 1. The van der Waals surface area contributed by atoms with E-state index in [4.69, 9.17) is 9.47 Å². The number of carbonyl (C=O) groups is 2. The summed E-state index contributed by atoms with van der Waals surface area (Å²) in [6.45, 7) is 7.89. The van der Waals surface area contributed by atoms with Crippen LogP contribution in [0, 0.1) is 0 Å². The molecule has 7 nitrogen and oxygen atoms in total. The first kappa shape index (κ1) is 36.7. The van der Waals surface area contributed by atoms with Gasteiger partial charge in [-0.05, 0) is 24.8 Å². The van der Waals surface area contributed by atoms with Gasteiger partial charge in [0.2, 0.25) is 0 Å². The Morgan fingerprint density at radius 1 is 0.707 bits per heavy atom. The molecule has 0 aromatic carbocycles. The molecule has 1 N–H and O–H groups in total. The van der Waals surface area contributed by atoms with Crippen molar-refractivity contribution >= 4 is 12.1 Å². The van der Waals surface area contributed by atoms with Crippen LogP contribution < -0.4 is 5.32 Å². The monoisotopic (exact) mass is 575 g/mol. The molecule has 236 valence electrons. The highest BCUT2D eigenvalue weighted by Crippen LogP contribution is 2.14. The molecule has 0 aliphatic rings. The lowest BCUT2D eigenvalue weighted by Crippen LogP contribution is -2.26. The van der Waals surface area contributed by atoms with Crippen molar-refractivity contribution in [2.45, 2.75) is 155 Å². The van der Waals surface area contributed by atoms with Crippen molar-refractivity contribution in [3.05, 3.63) is 30.9 Å². The fourth-order valence-corrected chi connectivity index (χ4v) is 4.89. The summed E-state index contributed by atoms with van der Waals surface area (Å²) in [6.07, 6.45) is 32.1. The maximum atomic E-state index is 11.9. The minimum atomic E-state index is -0.438. The molecule has 7 heteroatoms.